The molecular weight excluding hydrogens is 556 g/mol. The van der Waals surface area contributed by atoms with Gasteiger partial charge in [-0.1, -0.05) is 34.1 Å². The lowest BCUT2D eigenvalue weighted by atomic mass is 10.1. The van der Waals surface area contributed by atoms with Crippen LogP contribution in [-0.4, -0.2) is 65.4 Å². The summed E-state index contributed by atoms with van der Waals surface area (Å²) >= 11 is 3.61. The van der Waals surface area contributed by atoms with E-state index in [-0.39, 0.29) is 11.7 Å². The van der Waals surface area contributed by atoms with Gasteiger partial charge in [0.1, 0.15) is 5.65 Å². The molecule has 0 amide bonds. The van der Waals surface area contributed by atoms with Crippen molar-refractivity contribution >= 4 is 44.3 Å². The van der Waals surface area contributed by atoms with Gasteiger partial charge in [0, 0.05) is 71.3 Å². The van der Waals surface area contributed by atoms with Crippen molar-refractivity contribution in [2.24, 2.45) is 0 Å². The number of anilines is 3. The number of halogens is 1. The van der Waals surface area contributed by atoms with Crippen LogP contribution in [0.5, 0.6) is 0 Å². The molecule has 0 radical (unpaired) electrons. The van der Waals surface area contributed by atoms with Gasteiger partial charge in [-0.25, -0.2) is 4.98 Å². The second kappa shape index (κ2) is 11.1. The molecule has 39 heavy (non-hydrogen) atoms. The number of nitrogens with zero attached hydrogens (tertiary/aromatic N) is 5. The predicted octanol–water partition coefficient (Wildman–Crippen LogP) is 5.20. The van der Waals surface area contributed by atoms with Crippen LogP contribution < -0.4 is 15.8 Å². The number of pyridine rings is 1. The van der Waals surface area contributed by atoms with E-state index in [4.69, 9.17) is 9.72 Å². The Morgan fingerprint density at radius 3 is 2.64 bits per heavy atom. The highest BCUT2D eigenvalue weighted by Gasteiger charge is 2.21. The SMILES string of the molecule is Cc1cc(Nc2ncc3cc(-c4ccccc4Br)c(=O)n(C[C@@H]4CCCO4)c3n2)ccc1N1CCN(C)CC1. The zero-order valence-electron chi connectivity index (χ0n) is 22.4. The van der Waals surface area contributed by atoms with Crippen molar-refractivity contribution in [1.82, 2.24) is 19.4 Å². The summed E-state index contributed by atoms with van der Waals surface area (Å²) in [5.41, 5.74) is 5.38. The number of fused-ring (bicyclic) bond motifs is 1. The predicted molar refractivity (Wildman–Crippen MR) is 160 cm³/mol. The summed E-state index contributed by atoms with van der Waals surface area (Å²) in [5, 5.41) is 4.18. The van der Waals surface area contributed by atoms with Crippen LogP contribution in [0.25, 0.3) is 22.2 Å². The molecule has 6 rings (SSSR count). The van der Waals surface area contributed by atoms with E-state index in [0.717, 1.165) is 66.7 Å². The van der Waals surface area contributed by atoms with Gasteiger partial charge in [0.25, 0.3) is 5.56 Å². The molecule has 202 valence electrons. The minimum atomic E-state index is -0.0816. The molecule has 9 heteroatoms. The van der Waals surface area contributed by atoms with Gasteiger partial charge in [-0.05, 0) is 62.7 Å². The molecule has 2 aromatic heterocycles. The van der Waals surface area contributed by atoms with Gasteiger partial charge in [-0.15, -0.1) is 0 Å². The fraction of sp³-hybridized carbons (Fsp3) is 0.367. The summed E-state index contributed by atoms with van der Waals surface area (Å²) in [6.45, 7) is 7.53. The molecule has 1 atom stereocenters. The lowest BCUT2D eigenvalue weighted by Crippen LogP contribution is -2.44. The number of nitrogens with one attached hydrogen (secondary N) is 1. The van der Waals surface area contributed by atoms with Gasteiger partial charge in [0.2, 0.25) is 5.95 Å². The molecule has 1 N–H and O–H groups in total. The maximum Gasteiger partial charge on any atom is 0.260 e. The van der Waals surface area contributed by atoms with Crippen LogP contribution in [0.1, 0.15) is 18.4 Å². The number of likely N-dealkylation sites (N-methyl/N-ethyl adjacent to an activating group) is 1. The molecule has 2 aromatic carbocycles. The monoisotopic (exact) mass is 588 g/mol. The average molecular weight is 590 g/mol. The Morgan fingerprint density at radius 1 is 1.08 bits per heavy atom. The van der Waals surface area contributed by atoms with Gasteiger partial charge < -0.3 is 19.9 Å². The molecule has 8 nitrogen and oxygen atoms in total. The summed E-state index contributed by atoms with van der Waals surface area (Å²) in [6, 6.07) is 16.1. The van der Waals surface area contributed by atoms with Gasteiger partial charge in [-0.2, -0.15) is 4.98 Å². The van der Waals surface area contributed by atoms with Crippen molar-refractivity contribution in [3.05, 3.63) is 75.1 Å². The number of benzene rings is 2. The first-order valence-electron chi connectivity index (χ1n) is 13.5. The lowest BCUT2D eigenvalue weighted by molar-refractivity contribution is 0.0971. The normalized spacial score (nSPS) is 18.1. The zero-order chi connectivity index (χ0) is 26.9. The van der Waals surface area contributed by atoms with Crippen LogP contribution in [0.15, 0.2) is 64.0 Å². The molecule has 0 saturated carbocycles. The molecule has 4 heterocycles. The van der Waals surface area contributed by atoms with E-state index in [2.05, 4.69) is 68.2 Å². The number of aromatic nitrogens is 3. The van der Waals surface area contributed by atoms with Crippen LogP contribution >= 0.6 is 15.9 Å². The van der Waals surface area contributed by atoms with E-state index in [0.29, 0.717) is 23.7 Å². The number of hydrogen-bond acceptors (Lipinski definition) is 7. The van der Waals surface area contributed by atoms with E-state index >= 15 is 0 Å². The minimum absolute atomic E-state index is 0.00323. The molecule has 0 bridgehead atoms. The van der Waals surface area contributed by atoms with Crippen molar-refractivity contribution in [1.29, 1.82) is 0 Å². The Morgan fingerprint density at radius 2 is 1.90 bits per heavy atom. The number of aryl methyl sites for hydroxylation is 1. The maximum absolute atomic E-state index is 13.8. The van der Waals surface area contributed by atoms with Crippen LogP contribution in [0.4, 0.5) is 17.3 Å². The molecule has 2 fully saturated rings. The van der Waals surface area contributed by atoms with Crippen LogP contribution in [0.3, 0.4) is 0 Å². The second-order valence-corrected chi connectivity index (χ2v) is 11.3. The smallest absolute Gasteiger partial charge is 0.260 e. The summed E-state index contributed by atoms with van der Waals surface area (Å²) in [5.74, 6) is 0.461. The van der Waals surface area contributed by atoms with Crippen molar-refractivity contribution in [3.63, 3.8) is 0 Å². The third kappa shape index (κ3) is 5.44. The van der Waals surface area contributed by atoms with E-state index in [1.807, 2.05) is 30.3 Å². The molecule has 0 spiro atoms. The summed E-state index contributed by atoms with van der Waals surface area (Å²) < 4.78 is 8.53. The maximum atomic E-state index is 13.8. The van der Waals surface area contributed by atoms with Crippen LogP contribution in [0.2, 0.25) is 0 Å². The average Bonchev–Trinajstić information content (AvgIpc) is 3.45. The van der Waals surface area contributed by atoms with E-state index < -0.39 is 0 Å². The Balaban J connectivity index is 1.35. The second-order valence-electron chi connectivity index (χ2n) is 10.5. The van der Waals surface area contributed by atoms with Crippen molar-refractivity contribution in [3.8, 4) is 11.1 Å². The quantitative estimate of drug-likeness (QED) is 0.331. The Hall–Kier alpha value is -3.27. The first kappa shape index (κ1) is 26.0. The van der Waals surface area contributed by atoms with Gasteiger partial charge in [0.15, 0.2) is 0 Å². The van der Waals surface area contributed by atoms with Gasteiger partial charge in [0.05, 0.1) is 12.6 Å². The van der Waals surface area contributed by atoms with Crippen molar-refractivity contribution < 1.29 is 4.74 Å². The van der Waals surface area contributed by atoms with Crippen LogP contribution in [0, 0.1) is 6.92 Å². The minimum Gasteiger partial charge on any atom is -0.376 e. The van der Waals surface area contributed by atoms with E-state index in [1.165, 1.54) is 11.3 Å². The highest BCUT2D eigenvalue weighted by molar-refractivity contribution is 9.10. The van der Waals surface area contributed by atoms with Crippen molar-refractivity contribution in [2.45, 2.75) is 32.4 Å². The summed E-state index contributed by atoms with van der Waals surface area (Å²) in [4.78, 5) is 28.1. The fourth-order valence-electron chi connectivity index (χ4n) is 5.52. The van der Waals surface area contributed by atoms with Crippen LogP contribution in [-0.2, 0) is 11.3 Å². The largest absolute Gasteiger partial charge is 0.376 e. The van der Waals surface area contributed by atoms with E-state index in [1.54, 1.807) is 10.8 Å². The molecule has 2 aliphatic rings. The van der Waals surface area contributed by atoms with Gasteiger partial charge >= 0.3 is 0 Å². The summed E-state index contributed by atoms with van der Waals surface area (Å²) in [6.07, 6.45) is 3.73. The highest BCUT2D eigenvalue weighted by Crippen LogP contribution is 2.29. The van der Waals surface area contributed by atoms with Crippen molar-refractivity contribution in [2.75, 3.05) is 50.1 Å². The third-order valence-electron chi connectivity index (χ3n) is 7.70. The Bertz CT molecular complexity index is 1560. The third-order valence-corrected chi connectivity index (χ3v) is 8.39. The molecular formula is C30H33BrN6O2. The molecule has 2 aliphatic heterocycles. The topological polar surface area (TPSA) is 75.5 Å². The Labute approximate surface area is 236 Å². The number of piperazine rings is 1. The first-order valence-corrected chi connectivity index (χ1v) is 14.3. The standard InChI is InChI=1S/C30H33BrN6O2/c1-20-16-22(9-10-27(20)36-13-11-35(2)12-14-36)33-30-32-18-21-17-25(24-7-3-4-8-26(24)31)29(38)37(28(21)34-30)19-23-6-5-15-39-23/h3-4,7-10,16-18,23H,5-6,11-15,19H2,1-2H3,(H,32,33,34)/t23-/m0/s1. The zero-order valence-corrected chi connectivity index (χ0v) is 23.9. The highest BCUT2D eigenvalue weighted by atomic mass is 79.9. The molecule has 2 saturated heterocycles. The van der Waals surface area contributed by atoms with Gasteiger partial charge in [-0.3, -0.25) is 9.36 Å². The fourth-order valence-corrected chi connectivity index (χ4v) is 6.02. The number of ether oxygens (including phenoxy) is 1. The number of hydrogen-bond donors (Lipinski definition) is 1. The summed E-state index contributed by atoms with van der Waals surface area (Å²) in [7, 11) is 2.17. The molecule has 0 aliphatic carbocycles. The Kier molecular flexibility index (Phi) is 7.38. The first-order chi connectivity index (χ1) is 19.0. The molecule has 4 aromatic rings. The lowest BCUT2D eigenvalue weighted by Gasteiger charge is -2.35. The molecule has 0 unspecified atom stereocenters. The number of rotatable bonds is 6. The van der Waals surface area contributed by atoms with E-state index in [9.17, 15) is 4.79 Å².